The molecule has 144 valence electrons. The van der Waals surface area contributed by atoms with Crippen molar-refractivity contribution in [3.05, 3.63) is 59.0 Å². The first-order valence-electron chi connectivity index (χ1n) is 9.27. The van der Waals surface area contributed by atoms with Crippen LogP contribution >= 0.6 is 0 Å². The number of rotatable bonds is 4. The zero-order valence-electron chi connectivity index (χ0n) is 15.1. The fourth-order valence-corrected chi connectivity index (χ4v) is 3.42. The lowest BCUT2D eigenvalue weighted by Crippen LogP contribution is -2.32. The summed E-state index contributed by atoms with van der Waals surface area (Å²) in [5.41, 5.74) is 2.19. The van der Waals surface area contributed by atoms with Crippen molar-refractivity contribution in [2.75, 3.05) is 0 Å². The number of benzene rings is 1. The average molecular weight is 381 g/mol. The van der Waals surface area contributed by atoms with Crippen LogP contribution in [0.15, 0.2) is 53.5 Å². The monoisotopic (exact) mass is 381 g/mol. The van der Waals surface area contributed by atoms with E-state index in [4.69, 9.17) is 4.74 Å². The lowest BCUT2D eigenvalue weighted by Gasteiger charge is -2.25. The van der Waals surface area contributed by atoms with E-state index in [1.807, 2.05) is 0 Å². The van der Waals surface area contributed by atoms with E-state index in [-0.39, 0.29) is 17.2 Å². The number of phenolic OH excluding ortho intramolecular Hbond substituents is 1. The van der Waals surface area contributed by atoms with E-state index in [1.54, 1.807) is 42.6 Å². The summed E-state index contributed by atoms with van der Waals surface area (Å²) < 4.78 is 19.5. The van der Waals surface area contributed by atoms with Crippen molar-refractivity contribution in [2.45, 2.75) is 38.0 Å². The number of aromatic amines is 1. The maximum Gasteiger partial charge on any atom is 0.248 e. The Hall–Kier alpha value is -3.22. The second-order valence-electron chi connectivity index (χ2n) is 6.89. The quantitative estimate of drug-likeness (QED) is 0.716. The summed E-state index contributed by atoms with van der Waals surface area (Å²) >= 11 is 0. The van der Waals surface area contributed by atoms with E-state index in [0.717, 1.165) is 12.8 Å². The summed E-state index contributed by atoms with van der Waals surface area (Å²) in [6.07, 6.45) is 3.13. The van der Waals surface area contributed by atoms with Gasteiger partial charge in [0.15, 0.2) is 0 Å². The lowest BCUT2D eigenvalue weighted by atomic mass is 9.96. The SMILES string of the molecule is O=c1cc(-c2ccc(-c3ccc(O[C@@H]4CCCC[C@@H]4F)nn3)c(O)c2)cc[nH]1. The Labute approximate surface area is 161 Å². The van der Waals surface area contributed by atoms with Gasteiger partial charge in [-0.05, 0) is 54.7 Å². The summed E-state index contributed by atoms with van der Waals surface area (Å²) in [6, 6.07) is 11.6. The van der Waals surface area contributed by atoms with Crippen molar-refractivity contribution in [3.63, 3.8) is 0 Å². The van der Waals surface area contributed by atoms with Gasteiger partial charge in [0, 0.05) is 23.9 Å². The highest BCUT2D eigenvalue weighted by atomic mass is 19.1. The zero-order chi connectivity index (χ0) is 19.5. The van der Waals surface area contributed by atoms with Crippen LogP contribution in [0.25, 0.3) is 22.4 Å². The molecule has 6 nitrogen and oxygen atoms in total. The van der Waals surface area contributed by atoms with Gasteiger partial charge in [-0.2, -0.15) is 0 Å². The van der Waals surface area contributed by atoms with Crippen molar-refractivity contribution in [2.24, 2.45) is 0 Å². The molecule has 2 atom stereocenters. The van der Waals surface area contributed by atoms with Crippen LogP contribution < -0.4 is 10.3 Å². The van der Waals surface area contributed by atoms with Crippen LogP contribution in [0.3, 0.4) is 0 Å². The fraction of sp³-hybridized carbons (Fsp3) is 0.286. The highest BCUT2D eigenvalue weighted by Gasteiger charge is 2.26. The van der Waals surface area contributed by atoms with Gasteiger partial charge >= 0.3 is 0 Å². The summed E-state index contributed by atoms with van der Waals surface area (Å²) in [6.45, 7) is 0. The molecule has 1 aliphatic rings. The van der Waals surface area contributed by atoms with E-state index in [1.165, 1.54) is 6.07 Å². The number of alkyl halides is 1. The van der Waals surface area contributed by atoms with Crippen molar-refractivity contribution in [3.8, 4) is 34.0 Å². The lowest BCUT2D eigenvalue weighted by molar-refractivity contribution is 0.0594. The third kappa shape index (κ3) is 3.88. The number of aromatic hydroxyl groups is 1. The molecule has 0 aliphatic heterocycles. The average Bonchev–Trinajstić information content (AvgIpc) is 2.70. The van der Waals surface area contributed by atoms with E-state index in [0.29, 0.717) is 35.2 Å². The molecule has 0 spiro atoms. The molecule has 0 bridgehead atoms. The minimum atomic E-state index is -0.975. The molecular weight excluding hydrogens is 361 g/mol. The van der Waals surface area contributed by atoms with E-state index >= 15 is 0 Å². The maximum absolute atomic E-state index is 13.9. The predicted molar refractivity (Wildman–Crippen MR) is 103 cm³/mol. The van der Waals surface area contributed by atoms with Crippen LogP contribution in [0.2, 0.25) is 0 Å². The number of H-pyrrole nitrogens is 1. The first-order valence-corrected chi connectivity index (χ1v) is 9.27. The summed E-state index contributed by atoms with van der Waals surface area (Å²) in [7, 11) is 0. The number of hydrogen-bond donors (Lipinski definition) is 2. The standard InChI is InChI=1S/C21H20FN3O3/c22-16-3-1-2-4-19(16)28-21-8-7-17(24-25-21)15-6-5-13(11-18(15)26)14-9-10-23-20(27)12-14/h5-12,16,19,26H,1-4H2,(H,23,27)/t16-,19+/m0/s1. The van der Waals surface area contributed by atoms with Crippen LogP contribution in [-0.4, -0.2) is 32.6 Å². The predicted octanol–water partition coefficient (Wildman–Crippen LogP) is 3.86. The van der Waals surface area contributed by atoms with Crippen LogP contribution in [-0.2, 0) is 0 Å². The normalized spacial score (nSPS) is 19.3. The molecule has 28 heavy (non-hydrogen) atoms. The molecule has 1 aliphatic carbocycles. The second-order valence-corrected chi connectivity index (χ2v) is 6.89. The largest absolute Gasteiger partial charge is 0.507 e. The number of hydrogen-bond acceptors (Lipinski definition) is 5. The van der Waals surface area contributed by atoms with Crippen LogP contribution in [0.5, 0.6) is 11.6 Å². The van der Waals surface area contributed by atoms with Gasteiger partial charge in [0.2, 0.25) is 11.4 Å². The smallest absolute Gasteiger partial charge is 0.248 e. The van der Waals surface area contributed by atoms with Crippen LogP contribution in [0, 0.1) is 0 Å². The number of nitrogens with zero attached hydrogens (tertiary/aromatic N) is 2. The first kappa shape index (κ1) is 18.2. The molecule has 4 rings (SSSR count). The van der Waals surface area contributed by atoms with Crippen LogP contribution in [0.4, 0.5) is 4.39 Å². The van der Waals surface area contributed by atoms with Gasteiger partial charge in [0.1, 0.15) is 18.0 Å². The number of aromatic nitrogens is 3. The summed E-state index contributed by atoms with van der Waals surface area (Å²) in [5.74, 6) is 0.301. The van der Waals surface area contributed by atoms with Gasteiger partial charge in [-0.15, -0.1) is 10.2 Å². The Morgan fingerprint density at radius 1 is 1.04 bits per heavy atom. The molecule has 0 unspecified atom stereocenters. The van der Waals surface area contributed by atoms with Crippen molar-refractivity contribution in [1.29, 1.82) is 0 Å². The van der Waals surface area contributed by atoms with Crippen molar-refractivity contribution < 1.29 is 14.2 Å². The Morgan fingerprint density at radius 2 is 1.86 bits per heavy atom. The van der Waals surface area contributed by atoms with Crippen molar-refractivity contribution >= 4 is 0 Å². The molecule has 1 fully saturated rings. The molecule has 0 radical (unpaired) electrons. The molecule has 1 aromatic carbocycles. The number of phenols is 1. The number of pyridine rings is 1. The number of ether oxygens (including phenoxy) is 1. The van der Waals surface area contributed by atoms with Gasteiger partial charge in [-0.1, -0.05) is 12.5 Å². The molecule has 1 saturated carbocycles. The molecular formula is C21H20FN3O3. The highest BCUT2D eigenvalue weighted by Crippen LogP contribution is 2.32. The Morgan fingerprint density at radius 3 is 2.57 bits per heavy atom. The molecule has 2 N–H and O–H groups in total. The van der Waals surface area contributed by atoms with Gasteiger partial charge < -0.3 is 14.8 Å². The van der Waals surface area contributed by atoms with Gasteiger partial charge in [0.05, 0.1) is 5.69 Å². The molecule has 3 aromatic rings. The van der Waals surface area contributed by atoms with Gasteiger partial charge in [-0.25, -0.2) is 4.39 Å². The maximum atomic E-state index is 13.9. The van der Waals surface area contributed by atoms with Crippen molar-refractivity contribution in [1.82, 2.24) is 15.2 Å². The molecule has 7 heteroatoms. The molecule has 0 saturated heterocycles. The number of nitrogens with one attached hydrogen (secondary N) is 1. The Kier molecular flexibility index (Phi) is 5.06. The minimum absolute atomic E-state index is 0.0249. The molecule has 0 amide bonds. The molecule has 2 heterocycles. The van der Waals surface area contributed by atoms with E-state index in [2.05, 4.69) is 15.2 Å². The third-order valence-electron chi connectivity index (χ3n) is 4.92. The third-order valence-corrected chi connectivity index (χ3v) is 4.92. The summed E-state index contributed by atoms with van der Waals surface area (Å²) in [5, 5.41) is 18.5. The minimum Gasteiger partial charge on any atom is -0.507 e. The molecule has 2 aromatic heterocycles. The van der Waals surface area contributed by atoms with E-state index < -0.39 is 12.3 Å². The second kappa shape index (κ2) is 7.80. The fourth-order valence-electron chi connectivity index (χ4n) is 3.42. The van der Waals surface area contributed by atoms with Crippen LogP contribution in [0.1, 0.15) is 25.7 Å². The summed E-state index contributed by atoms with van der Waals surface area (Å²) in [4.78, 5) is 14.0. The van der Waals surface area contributed by atoms with E-state index in [9.17, 15) is 14.3 Å². The first-order chi connectivity index (χ1) is 13.6. The highest BCUT2D eigenvalue weighted by molar-refractivity contribution is 5.73. The zero-order valence-corrected chi connectivity index (χ0v) is 15.1. The topological polar surface area (TPSA) is 88.1 Å². The van der Waals surface area contributed by atoms with Gasteiger partial charge in [-0.3, -0.25) is 4.79 Å². The Bertz CT molecular complexity index is 1020. The number of halogens is 1. The Balaban J connectivity index is 1.53. The van der Waals surface area contributed by atoms with Gasteiger partial charge in [0.25, 0.3) is 0 Å².